The average Bonchev–Trinajstić information content (AvgIpc) is 3.60. The lowest BCUT2D eigenvalue weighted by Gasteiger charge is -2.28. The standard InChI is InChI=1S/C28H32N8O5/c1-18-32-33-25(41-18)23-14-24(34-36(26(23)37)13-5-3-2-4-11-30-28(39)40)19-6-8-22(9-7-19)31-27(38)35-16-20-10-12-29-15-21(20)17-35/h6-10,12,15,23,30H,2-5,11,13-14,16-17H2,1H3,(H,31,38)(H,39,40). The molecule has 0 saturated carbocycles. The van der Waals surface area contributed by atoms with Gasteiger partial charge in [-0.15, -0.1) is 10.2 Å². The third-order valence-electron chi connectivity index (χ3n) is 7.09. The van der Waals surface area contributed by atoms with Gasteiger partial charge in [0, 0.05) is 57.6 Å². The highest BCUT2D eigenvalue weighted by molar-refractivity contribution is 6.06. The Kier molecular flexibility index (Phi) is 8.51. The lowest BCUT2D eigenvalue weighted by atomic mass is 9.94. The maximum atomic E-state index is 13.3. The molecule has 0 bridgehead atoms. The molecule has 13 heteroatoms. The molecule has 2 aliphatic rings. The maximum Gasteiger partial charge on any atom is 0.404 e. The van der Waals surface area contributed by atoms with E-state index in [1.54, 1.807) is 24.2 Å². The van der Waals surface area contributed by atoms with Crippen molar-refractivity contribution in [3.63, 3.8) is 0 Å². The summed E-state index contributed by atoms with van der Waals surface area (Å²) in [4.78, 5) is 42.6. The minimum absolute atomic E-state index is 0.189. The molecule has 13 nitrogen and oxygen atoms in total. The van der Waals surface area contributed by atoms with Gasteiger partial charge in [-0.25, -0.2) is 14.6 Å². The van der Waals surface area contributed by atoms with Crippen molar-refractivity contribution in [1.82, 2.24) is 30.4 Å². The molecule has 1 aromatic carbocycles. The van der Waals surface area contributed by atoms with Gasteiger partial charge in [0.25, 0.3) is 5.91 Å². The molecule has 0 fully saturated rings. The zero-order chi connectivity index (χ0) is 28.8. The highest BCUT2D eigenvalue weighted by Crippen LogP contribution is 2.29. The Morgan fingerprint density at radius 3 is 2.56 bits per heavy atom. The number of carbonyl (C=O) groups is 3. The van der Waals surface area contributed by atoms with Crippen molar-refractivity contribution in [2.45, 2.75) is 58.0 Å². The molecule has 41 heavy (non-hydrogen) atoms. The van der Waals surface area contributed by atoms with Gasteiger partial charge in [0.15, 0.2) is 0 Å². The number of pyridine rings is 1. The number of carboxylic acid groups (broad SMARTS) is 1. The first-order valence-electron chi connectivity index (χ1n) is 13.6. The van der Waals surface area contributed by atoms with Crippen LogP contribution in [-0.4, -0.2) is 67.0 Å². The van der Waals surface area contributed by atoms with Crippen LogP contribution < -0.4 is 10.6 Å². The monoisotopic (exact) mass is 560 g/mol. The predicted molar refractivity (Wildman–Crippen MR) is 148 cm³/mol. The van der Waals surface area contributed by atoms with Crippen molar-refractivity contribution in [1.29, 1.82) is 0 Å². The second-order valence-electron chi connectivity index (χ2n) is 10.1. The third kappa shape index (κ3) is 6.86. The predicted octanol–water partition coefficient (Wildman–Crippen LogP) is 3.87. The van der Waals surface area contributed by atoms with E-state index in [2.05, 4.69) is 30.9 Å². The van der Waals surface area contributed by atoms with Crippen LogP contribution in [0.2, 0.25) is 0 Å². The van der Waals surface area contributed by atoms with E-state index in [0.29, 0.717) is 56.3 Å². The fraction of sp³-hybridized carbons (Fsp3) is 0.393. The minimum atomic E-state index is -1.03. The van der Waals surface area contributed by atoms with Crippen LogP contribution in [0, 0.1) is 6.92 Å². The Balaban J connectivity index is 1.23. The number of hydrogen-bond donors (Lipinski definition) is 3. The second-order valence-corrected chi connectivity index (χ2v) is 10.1. The van der Waals surface area contributed by atoms with Crippen LogP contribution in [0.5, 0.6) is 0 Å². The molecule has 0 aliphatic carbocycles. The number of rotatable bonds is 10. The van der Waals surface area contributed by atoms with Gasteiger partial charge in [-0.1, -0.05) is 25.0 Å². The molecular weight excluding hydrogens is 528 g/mol. The molecule has 1 atom stereocenters. The zero-order valence-electron chi connectivity index (χ0n) is 22.7. The molecule has 4 amide bonds. The molecule has 214 valence electrons. The van der Waals surface area contributed by atoms with Gasteiger partial charge in [0.2, 0.25) is 11.8 Å². The number of aryl methyl sites for hydroxylation is 1. The van der Waals surface area contributed by atoms with Gasteiger partial charge in [0.05, 0.1) is 5.71 Å². The molecule has 0 spiro atoms. The number of carbonyl (C=O) groups excluding carboxylic acids is 2. The fourth-order valence-electron chi connectivity index (χ4n) is 4.93. The van der Waals surface area contributed by atoms with Crippen LogP contribution in [0.1, 0.15) is 66.5 Å². The summed E-state index contributed by atoms with van der Waals surface area (Å²) in [6.45, 7) is 3.56. The van der Waals surface area contributed by atoms with Gasteiger partial charge in [0.1, 0.15) is 5.92 Å². The first-order chi connectivity index (χ1) is 19.9. The lowest BCUT2D eigenvalue weighted by molar-refractivity contribution is -0.134. The smallest absolute Gasteiger partial charge is 0.404 e. The normalized spacial score (nSPS) is 16.4. The number of amides is 4. The quantitative estimate of drug-likeness (QED) is 0.314. The number of fused-ring (bicyclic) bond motifs is 1. The SMILES string of the molecule is Cc1nnc(C2CC(c3ccc(NC(=O)N4Cc5ccncc5C4)cc3)=NN(CCCCCCNC(=O)O)C2=O)o1. The molecule has 3 aromatic rings. The van der Waals surface area contributed by atoms with Crippen LogP contribution in [0.3, 0.4) is 0 Å². The van der Waals surface area contributed by atoms with Crippen LogP contribution in [0.25, 0.3) is 0 Å². The number of benzene rings is 1. The van der Waals surface area contributed by atoms with Gasteiger partial charge >= 0.3 is 12.1 Å². The summed E-state index contributed by atoms with van der Waals surface area (Å²) in [5, 5.41) is 28.1. The van der Waals surface area contributed by atoms with Crippen LogP contribution in [0.15, 0.2) is 52.2 Å². The summed E-state index contributed by atoms with van der Waals surface area (Å²) in [6, 6.07) is 9.12. The second kappa shape index (κ2) is 12.6. The van der Waals surface area contributed by atoms with Crippen LogP contribution >= 0.6 is 0 Å². The number of nitrogens with one attached hydrogen (secondary N) is 2. The molecule has 0 radical (unpaired) electrons. The highest BCUT2D eigenvalue weighted by atomic mass is 16.4. The molecular formula is C28H32N8O5. The minimum Gasteiger partial charge on any atom is -0.465 e. The van der Waals surface area contributed by atoms with Crippen molar-refractivity contribution in [3.05, 3.63) is 71.2 Å². The van der Waals surface area contributed by atoms with E-state index in [1.165, 1.54) is 5.01 Å². The summed E-state index contributed by atoms with van der Waals surface area (Å²) in [5.41, 5.74) is 4.32. The summed E-state index contributed by atoms with van der Waals surface area (Å²) < 4.78 is 5.61. The number of hydrazone groups is 1. The average molecular weight is 561 g/mol. The molecule has 3 N–H and O–H groups in total. The summed E-state index contributed by atoms with van der Waals surface area (Å²) in [5.74, 6) is -0.198. The molecule has 1 unspecified atom stereocenters. The first-order valence-corrected chi connectivity index (χ1v) is 13.6. The Morgan fingerprint density at radius 1 is 1.05 bits per heavy atom. The highest BCUT2D eigenvalue weighted by Gasteiger charge is 2.36. The van der Waals surface area contributed by atoms with Gasteiger partial charge in [-0.3, -0.25) is 9.78 Å². The third-order valence-corrected chi connectivity index (χ3v) is 7.09. The van der Waals surface area contributed by atoms with Crippen molar-refractivity contribution in [3.8, 4) is 0 Å². The van der Waals surface area contributed by atoms with E-state index < -0.39 is 12.0 Å². The lowest BCUT2D eigenvalue weighted by Crippen LogP contribution is -2.38. The number of hydrogen-bond acceptors (Lipinski definition) is 8. The van der Waals surface area contributed by atoms with E-state index in [0.717, 1.165) is 36.0 Å². The summed E-state index contributed by atoms with van der Waals surface area (Å²) >= 11 is 0. The number of unbranched alkanes of at least 4 members (excludes halogenated alkanes) is 3. The van der Waals surface area contributed by atoms with Gasteiger partial charge in [-0.2, -0.15) is 5.10 Å². The van der Waals surface area contributed by atoms with E-state index in [9.17, 15) is 14.4 Å². The Labute approximate surface area is 236 Å². The summed E-state index contributed by atoms with van der Waals surface area (Å²) in [7, 11) is 0. The first kappa shape index (κ1) is 27.7. The summed E-state index contributed by atoms with van der Waals surface area (Å²) in [6.07, 6.45) is 5.90. The van der Waals surface area contributed by atoms with Crippen molar-refractivity contribution in [2.24, 2.45) is 5.10 Å². The Bertz CT molecular complexity index is 1410. The van der Waals surface area contributed by atoms with E-state index in [4.69, 9.17) is 9.52 Å². The largest absolute Gasteiger partial charge is 0.465 e. The van der Waals surface area contributed by atoms with Gasteiger partial charge in [-0.05, 0) is 47.7 Å². The number of nitrogens with zero attached hydrogens (tertiary/aromatic N) is 6. The Hall–Kier alpha value is -4.81. The molecule has 4 heterocycles. The van der Waals surface area contributed by atoms with Crippen molar-refractivity contribution < 1.29 is 23.9 Å². The zero-order valence-corrected chi connectivity index (χ0v) is 22.7. The molecule has 2 aromatic heterocycles. The van der Waals surface area contributed by atoms with E-state index in [1.807, 2.05) is 30.3 Å². The topological polar surface area (TPSA) is 166 Å². The van der Waals surface area contributed by atoms with Gasteiger partial charge < -0.3 is 25.1 Å². The van der Waals surface area contributed by atoms with E-state index in [-0.39, 0.29) is 17.8 Å². The number of anilines is 1. The van der Waals surface area contributed by atoms with E-state index >= 15 is 0 Å². The maximum absolute atomic E-state index is 13.3. The number of urea groups is 1. The molecule has 5 rings (SSSR count). The van der Waals surface area contributed by atoms with Crippen LogP contribution in [0.4, 0.5) is 15.3 Å². The fourth-order valence-corrected chi connectivity index (χ4v) is 4.93. The van der Waals surface area contributed by atoms with Crippen molar-refractivity contribution in [2.75, 3.05) is 18.4 Å². The Morgan fingerprint density at radius 2 is 1.83 bits per heavy atom. The van der Waals surface area contributed by atoms with Crippen molar-refractivity contribution >= 4 is 29.4 Å². The number of aromatic nitrogens is 3. The molecule has 0 saturated heterocycles. The van der Waals surface area contributed by atoms with Crippen LogP contribution in [-0.2, 0) is 17.9 Å². The molecule has 2 aliphatic heterocycles.